The Morgan fingerprint density at radius 2 is 1.89 bits per heavy atom. The Balaban J connectivity index is 2.58. The van der Waals surface area contributed by atoms with Gasteiger partial charge in [-0.05, 0) is 32.9 Å². The number of hydrogen-bond donors (Lipinski definition) is 1. The van der Waals surface area contributed by atoms with Crippen LogP contribution in [-0.4, -0.2) is 9.78 Å². The fourth-order valence-corrected chi connectivity index (χ4v) is 1.63. The first-order valence-corrected chi connectivity index (χ1v) is 5.60. The number of benzene rings is 1. The Labute approximate surface area is 104 Å². The van der Waals surface area contributed by atoms with E-state index in [1.165, 1.54) is 12.1 Å². The van der Waals surface area contributed by atoms with Crippen LogP contribution in [0.15, 0.2) is 24.4 Å². The van der Waals surface area contributed by atoms with Crippen LogP contribution >= 0.6 is 0 Å². The van der Waals surface area contributed by atoms with E-state index >= 15 is 0 Å². The Hall–Kier alpha value is -1.91. The summed E-state index contributed by atoms with van der Waals surface area (Å²) in [6, 6.07) is 3.96. The van der Waals surface area contributed by atoms with E-state index in [9.17, 15) is 8.78 Å². The summed E-state index contributed by atoms with van der Waals surface area (Å²) in [6.07, 6.45) is 1.62. The van der Waals surface area contributed by atoms with Crippen LogP contribution in [-0.2, 0) is 5.54 Å². The largest absolute Gasteiger partial charge is 0.396 e. The lowest BCUT2D eigenvalue weighted by atomic mass is 10.1. The Morgan fingerprint density at radius 3 is 2.44 bits per heavy atom. The first-order chi connectivity index (χ1) is 8.30. The van der Waals surface area contributed by atoms with Crippen LogP contribution in [0.2, 0.25) is 0 Å². The lowest BCUT2D eigenvalue weighted by Gasteiger charge is -2.18. The van der Waals surface area contributed by atoms with Gasteiger partial charge in [0.2, 0.25) is 0 Å². The fourth-order valence-electron chi connectivity index (χ4n) is 1.63. The zero-order chi connectivity index (χ0) is 13.5. The van der Waals surface area contributed by atoms with Gasteiger partial charge in [-0.2, -0.15) is 5.10 Å². The smallest absolute Gasteiger partial charge is 0.168 e. The number of aromatic nitrogens is 2. The van der Waals surface area contributed by atoms with E-state index in [0.29, 0.717) is 5.69 Å². The molecule has 0 bridgehead atoms. The molecule has 0 amide bonds. The Kier molecular flexibility index (Phi) is 2.84. The van der Waals surface area contributed by atoms with Crippen LogP contribution in [0.4, 0.5) is 14.5 Å². The van der Waals surface area contributed by atoms with Crippen LogP contribution in [0.1, 0.15) is 20.8 Å². The maximum absolute atomic E-state index is 13.7. The second-order valence-corrected chi connectivity index (χ2v) is 5.15. The number of halogens is 2. The highest BCUT2D eigenvalue weighted by Gasteiger charge is 2.20. The van der Waals surface area contributed by atoms with E-state index in [1.807, 2.05) is 20.8 Å². The molecule has 0 saturated heterocycles. The first kappa shape index (κ1) is 12.5. The number of rotatable bonds is 1. The molecule has 0 radical (unpaired) electrons. The summed E-state index contributed by atoms with van der Waals surface area (Å²) in [5.74, 6) is -1.83. The van der Waals surface area contributed by atoms with Crippen molar-refractivity contribution in [3.8, 4) is 11.3 Å². The van der Waals surface area contributed by atoms with Gasteiger partial charge in [0.15, 0.2) is 11.6 Å². The van der Waals surface area contributed by atoms with Crippen LogP contribution in [0.3, 0.4) is 0 Å². The first-order valence-electron chi connectivity index (χ1n) is 5.60. The summed E-state index contributed by atoms with van der Waals surface area (Å²) < 4.78 is 28.5. The molecule has 0 atom stereocenters. The highest BCUT2D eigenvalue weighted by molar-refractivity contribution is 5.72. The molecule has 0 saturated carbocycles. The van der Waals surface area contributed by atoms with E-state index in [1.54, 1.807) is 10.9 Å². The third-order valence-electron chi connectivity index (χ3n) is 2.64. The summed E-state index contributed by atoms with van der Waals surface area (Å²) in [6.45, 7) is 5.85. The van der Waals surface area contributed by atoms with E-state index < -0.39 is 11.6 Å². The van der Waals surface area contributed by atoms with Crippen LogP contribution in [0, 0.1) is 11.6 Å². The maximum Gasteiger partial charge on any atom is 0.168 e. The zero-order valence-corrected chi connectivity index (χ0v) is 10.5. The van der Waals surface area contributed by atoms with Gasteiger partial charge in [0.05, 0.1) is 11.2 Å². The Morgan fingerprint density at radius 1 is 1.22 bits per heavy atom. The maximum atomic E-state index is 13.7. The summed E-state index contributed by atoms with van der Waals surface area (Å²) in [5, 5.41) is 4.24. The Bertz CT molecular complexity index is 582. The quantitative estimate of drug-likeness (QED) is 0.846. The molecule has 2 aromatic rings. The second-order valence-electron chi connectivity index (χ2n) is 5.15. The second kappa shape index (κ2) is 4.08. The van der Waals surface area contributed by atoms with E-state index in [-0.39, 0.29) is 16.8 Å². The zero-order valence-electron chi connectivity index (χ0n) is 10.5. The van der Waals surface area contributed by atoms with Gasteiger partial charge in [-0.1, -0.05) is 6.07 Å². The van der Waals surface area contributed by atoms with Crippen molar-refractivity contribution in [1.29, 1.82) is 0 Å². The highest BCUT2D eigenvalue weighted by Crippen LogP contribution is 2.29. The molecular weight excluding hydrogens is 236 g/mol. The standard InChI is InChI=1S/C13H15F2N3/c1-13(2,3)18-7-10(16)12(17-18)8-5-4-6-9(14)11(8)15/h4-7H,16H2,1-3H3. The van der Waals surface area contributed by atoms with Crippen molar-refractivity contribution in [2.24, 2.45) is 0 Å². The summed E-state index contributed by atoms with van der Waals surface area (Å²) in [4.78, 5) is 0. The fraction of sp³-hybridized carbons (Fsp3) is 0.308. The molecule has 2 N–H and O–H groups in total. The van der Waals surface area contributed by atoms with Crippen molar-refractivity contribution >= 4 is 5.69 Å². The van der Waals surface area contributed by atoms with Gasteiger partial charge in [-0.25, -0.2) is 8.78 Å². The minimum Gasteiger partial charge on any atom is -0.396 e. The van der Waals surface area contributed by atoms with Gasteiger partial charge in [-0.3, -0.25) is 4.68 Å². The number of anilines is 1. The average molecular weight is 251 g/mol. The summed E-state index contributed by atoms with van der Waals surface area (Å²) in [7, 11) is 0. The third kappa shape index (κ3) is 2.08. The predicted molar refractivity (Wildman–Crippen MR) is 67.0 cm³/mol. The summed E-state index contributed by atoms with van der Waals surface area (Å²) in [5.41, 5.74) is 6.22. The normalized spacial score (nSPS) is 11.8. The van der Waals surface area contributed by atoms with Crippen molar-refractivity contribution in [1.82, 2.24) is 9.78 Å². The van der Waals surface area contributed by atoms with Gasteiger partial charge in [0.1, 0.15) is 5.69 Å². The van der Waals surface area contributed by atoms with Crippen molar-refractivity contribution in [2.75, 3.05) is 5.73 Å². The molecule has 96 valence electrons. The SMILES string of the molecule is CC(C)(C)n1cc(N)c(-c2cccc(F)c2F)n1. The molecule has 0 aliphatic rings. The van der Waals surface area contributed by atoms with Gasteiger partial charge >= 0.3 is 0 Å². The predicted octanol–water partition coefficient (Wildman–Crippen LogP) is 3.17. The lowest BCUT2D eigenvalue weighted by Crippen LogP contribution is -2.22. The number of nitrogen functional groups attached to an aromatic ring is 1. The number of nitrogens with two attached hydrogens (primary N) is 1. The van der Waals surface area contributed by atoms with Crippen LogP contribution < -0.4 is 5.73 Å². The molecule has 1 heterocycles. The molecule has 0 spiro atoms. The van der Waals surface area contributed by atoms with Gasteiger partial charge in [-0.15, -0.1) is 0 Å². The van der Waals surface area contributed by atoms with Gasteiger partial charge < -0.3 is 5.73 Å². The molecule has 3 nitrogen and oxygen atoms in total. The minimum absolute atomic E-state index is 0.0792. The van der Waals surface area contributed by atoms with E-state index in [0.717, 1.165) is 6.07 Å². The van der Waals surface area contributed by atoms with Crippen molar-refractivity contribution < 1.29 is 8.78 Å². The molecule has 18 heavy (non-hydrogen) atoms. The van der Waals surface area contributed by atoms with E-state index in [4.69, 9.17) is 5.73 Å². The van der Waals surface area contributed by atoms with E-state index in [2.05, 4.69) is 5.10 Å². The van der Waals surface area contributed by atoms with Crippen LogP contribution in [0.5, 0.6) is 0 Å². The molecule has 5 heteroatoms. The molecule has 0 unspecified atom stereocenters. The molecule has 1 aromatic carbocycles. The molecule has 0 aliphatic carbocycles. The molecular formula is C13H15F2N3. The summed E-state index contributed by atoms with van der Waals surface area (Å²) >= 11 is 0. The number of hydrogen-bond acceptors (Lipinski definition) is 2. The van der Waals surface area contributed by atoms with Crippen molar-refractivity contribution in [3.63, 3.8) is 0 Å². The van der Waals surface area contributed by atoms with Crippen molar-refractivity contribution in [2.45, 2.75) is 26.3 Å². The topological polar surface area (TPSA) is 43.8 Å². The molecule has 0 aliphatic heterocycles. The van der Waals surface area contributed by atoms with Gasteiger partial charge in [0, 0.05) is 11.8 Å². The minimum atomic E-state index is -0.927. The number of nitrogens with zero attached hydrogens (tertiary/aromatic N) is 2. The highest BCUT2D eigenvalue weighted by atomic mass is 19.2. The molecule has 2 rings (SSSR count). The van der Waals surface area contributed by atoms with Crippen molar-refractivity contribution in [3.05, 3.63) is 36.0 Å². The third-order valence-corrected chi connectivity index (χ3v) is 2.64. The molecule has 1 aromatic heterocycles. The average Bonchev–Trinajstić information content (AvgIpc) is 2.64. The monoisotopic (exact) mass is 251 g/mol. The molecule has 0 fully saturated rings. The van der Waals surface area contributed by atoms with Gasteiger partial charge in [0.25, 0.3) is 0 Å². The lowest BCUT2D eigenvalue weighted by molar-refractivity contribution is 0.356. The van der Waals surface area contributed by atoms with Crippen LogP contribution in [0.25, 0.3) is 11.3 Å².